The number of benzene rings is 2. The van der Waals surface area contributed by atoms with Crippen LogP contribution in [0.1, 0.15) is 16.7 Å². The van der Waals surface area contributed by atoms with E-state index in [0.29, 0.717) is 5.56 Å². The van der Waals surface area contributed by atoms with Crippen molar-refractivity contribution in [2.75, 3.05) is 11.9 Å². The van der Waals surface area contributed by atoms with Crippen LogP contribution in [0.4, 0.5) is 10.1 Å². The number of para-hydroxylation sites is 1. The predicted molar refractivity (Wildman–Crippen MR) is 90.9 cm³/mol. The van der Waals surface area contributed by atoms with E-state index in [-0.39, 0.29) is 12.4 Å². The van der Waals surface area contributed by atoms with Crippen LogP contribution in [-0.4, -0.2) is 18.5 Å². The molecule has 0 atom stereocenters. The smallest absolute Gasteiger partial charge is 0.331 e. The van der Waals surface area contributed by atoms with Gasteiger partial charge in [0, 0.05) is 11.8 Å². The number of nitrogens with one attached hydrogen (secondary N) is 1. The molecule has 4 nitrogen and oxygen atoms in total. The van der Waals surface area contributed by atoms with Crippen molar-refractivity contribution >= 4 is 23.6 Å². The Morgan fingerprint density at radius 1 is 1.08 bits per heavy atom. The number of carbonyl (C=O) groups is 2. The van der Waals surface area contributed by atoms with Crippen molar-refractivity contribution in [1.82, 2.24) is 0 Å². The lowest BCUT2D eigenvalue weighted by atomic mass is 10.1. The summed E-state index contributed by atoms with van der Waals surface area (Å²) in [5.41, 5.74) is 3.26. The highest BCUT2D eigenvalue weighted by Gasteiger charge is 2.09. The number of rotatable bonds is 5. The van der Waals surface area contributed by atoms with Crippen LogP contribution in [0.25, 0.3) is 6.08 Å². The fourth-order valence-electron chi connectivity index (χ4n) is 2.11. The Morgan fingerprint density at radius 3 is 2.33 bits per heavy atom. The lowest BCUT2D eigenvalue weighted by molar-refractivity contribution is -0.142. The highest BCUT2D eigenvalue weighted by Crippen LogP contribution is 2.19. The van der Waals surface area contributed by atoms with Gasteiger partial charge in [0.25, 0.3) is 5.91 Å². The maximum Gasteiger partial charge on any atom is 0.331 e. The summed E-state index contributed by atoms with van der Waals surface area (Å²) in [6.07, 6.45) is 2.69. The van der Waals surface area contributed by atoms with Crippen LogP contribution in [0.5, 0.6) is 0 Å². The van der Waals surface area contributed by atoms with Gasteiger partial charge in [0.1, 0.15) is 5.82 Å². The van der Waals surface area contributed by atoms with Gasteiger partial charge < -0.3 is 10.1 Å². The minimum Gasteiger partial charge on any atom is -0.452 e. The largest absolute Gasteiger partial charge is 0.452 e. The molecule has 24 heavy (non-hydrogen) atoms. The fraction of sp³-hybridized carbons (Fsp3) is 0.158. The molecule has 124 valence electrons. The zero-order chi connectivity index (χ0) is 17.5. The number of carbonyl (C=O) groups excluding carboxylic acids is 2. The number of hydrogen-bond donors (Lipinski definition) is 1. The summed E-state index contributed by atoms with van der Waals surface area (Å²) in [6.45, 7) is 3.40. The van der Waals surface area contributed by atoms with Gasteiger partial charge in [-0.15, -0.1) is 0 Å². The molecule has 0 heterocycles. The number of esters is 1. The van der Waals surface area contributed by atoms with Crippen LogP contribution >= 0.6 is 0 Å². The maximum absolute atomic E-state index is 12.8. The van der Waals surface area contributed by atoms with Gasteiger partial charge in [-0.1, -0.05) is 30.3 Å². The van der Waals surface area contributed by atoms with Gasteiger partial charge in [-0.2, -0.15) is 0 Å². The predicted octanol–water partition coefficient (Wildman–Crippen LogP) is 3.64. The van der Waals surface area contributed by atoms with Crippen molar-refractivity contribution < 1.29 is 18.7 Å². The van der Waals surface area contributed by atoms with E-state index >= 15 is 0 Å². The van der Waals surface area contributed by atoms with E-state index < -0.39 is 11.9 Å². The van der Waals surface area contributed by atoms with Gasteiger partial charge in [0.15, 0.2) is 6.61 Å². The number of ether oxygens (including phenoxy) is 1. The monoisotopic (exact) mass is 327 g/mol. The average Bonchev–Trinajstić information content (AvgIpc) is 2.56. The molecule has 2 aromatic rings. The zero-order valence-electron chi connectivity index (χ0n) is 13.5. The Bertz CT molecular complexity index is 746. The molecule has 0 aliphatic rings. The number of amides is 1. The van der Waals surface area contributed by atoms with E-state index in [1.54, 1.807) is 0 Å². The standard InChI is InChI=1S/C19H18FNO3/c1-13-4-3-5-14(2)19(13)21-17(22)12-24-18(23)11-8-15-6-9-16(20)10-7-15/h3-11H,12H2,1-2H3,(H,21,22)/b11-8+. The lowest BCUT2D eigenvalue weighted by Gasteiger charge is -2.11. The van der Waals surface area contributed by atoms with Crippen molar-refractivity contribution in [2.45, 2.75) is 13.8 Å². The highest BCUT2D eigenvalue weighted by molar-refractivity contribution is 5.95. The summed E-state index contributed by atoms with van der Waals surface area (Å²) in [6, 6.07) is 11.3. The number of anilines is 1. The van der Waals surface area contributed by atoms with Crippen molar-refractivity contribution in [3.63, 3.8) is 0 Å². The molecule has 0 saturated heterocycles. The van der Waals surface area contributed by atoms with Crippen LogP contribution in [0.2, 0.25) is 0 Å². The summed E-state index contributed by atoms with van der Waals surface area (Å²) < 4.78 is 17.7. The van der Waals surface area contributed by atoms with Gasteiger partial charge in [-0.3, -0.25) is 4.79 Å². The second-order valence-corrected chi connectivity index (χ2v) is 5.31. The first-order chi connectivity index (χ1) is 11.5. The molecule has 1 amide bonds. The van der Waals surface area contributed by atoms with Gasteiger partial charge >= 0.3 is 5.97 Å². The van der Waals surface area contributed by atoms with E-state index in [4.69, 9.17) is 4.74 Å². The first kappa shape index (κ1) is 17.4. The minimum atomic E-state index is -0.643. The second kappa shape index (κ2) is 8.06. The Kier molecular flexibility index (Phi) is 5.84. The molecule has 0 unspecified atom stereocenters. The lowest BCUT2D eigenvalue weighted by Crippen LogP contribution is -2.21. The Morgan fingerprint density at radius 2 is 1.71 bits per heavy atom. The molecule has 2 rings (SSSR count). The van der Waals surface area contributed by atoms with Gasteiger partial charge in [0.05, 0.1) is 0 Å². The van der Waals surface area contributed by atoms with Gasteiger partial charge in [-0.05, 0) is 48.7 Å². The summed E-state index contributed by atoms with van der Waals surface area (Å²) in [4.78, 5) is 23.5. The van der Waals surface area contributed by atoms with Crippen LogP contribution < -0.4 is 5.32 Å². The van der Waals surface area contributed by atoms with Crippen LogP contribution in [0.3, 0.4) is 0 Å². The third kappa shape index (κ3) is 5.05. The number of aryl methyl sites for hydroxylation is 2. The maximum atomic E-state index is 12.8. The molecule has 0 aromatic heterocycles. The summed E-state index contributed by atoms with van der Waals surface area (Å²) >= 11 is 0. The van der Waals surface area contributed by atoms with Gasteiger partial charge in [-0.25, -0.2) is 9.18 Å². The average molecular weight is 327 g/mol. The van der Waals surface area contributed by atoms with E-state index in [1.807, 2.05) is 32.0 Å². The van der Waals surface area contributed by atoms with Crippen molar-refractivity contribution in [3.05, 3.63) is 71.0 Å². The molecule has 0 fully saturated rings. The molecular formula is C19H18FNO3. The third-order valence-corrected chi connectivity index (χ3v) is 3.37. The quantitative estimate of drug-likeness (QED) is 0.674. The molecule has 1 N–H and O–H groups in total. The number of halogens is 1. The molecule has 0 aliphatic carbocycles. The fourth-order valence-corrected chi connectivity index (χ4v) is 2.11. The van der Waals surface area contributed by atoms with Crippen LogP contribution in [0, 0.1) is 19.7 Å². The molecule has 2 aromatic carbocycles. The Balaban J connectivity index is 1.85. The van der Waals surface area contributed by atoms with E-state index in [2.05, 4.69) is 5.32 Å². The molecule has 0 aliphatic heterocycles. The molecule has 0 radical (unpaired) electrons. The normalized spacial score (nSPS) is 10.6. The molecule has 0 bridgehead atoms. The first-order valence-corrected chi connectivity index (χ1v) is 7.42. The van der Waals surface area contributed by atoms with Crippen LogP contribution in [0.15, 0.2) is 48.5 Å². The summed E-state index contributed by atoms with van der Waals surface area (Å²) in [7, 11) is 0. The SMILES string of the molecule is Cc1cccc(C)c1NC(=O)COC(=O)/C=C/c1ccc(F)cc1. The van der Waals surface area contributed by atoms with Crippen molar-refractivity contribution in [1.29, 1.82) is 0 Å². The second-order valence-electron chi connectivity index (χ2n) is 5.31. The molecule has 0 spiro atoms. The van der Waals surface area contributed by atoms with Crippen LogP contribution in [-0.2, 0) is 14.3 Å². The third-order valence-electron chi connectivity index (χ3n) is 3.37. The molecule has 0 saturated carbocycles. The van der Waals surface area contributed by atoms with E-state index in [1.165, 1.54) is 36.4 Å². The van der Waals surface area contributed by atoms with E-state index in [0.717, 1.165) is 16.8 Å². The topological polar surface area (TPSA) is 55.4 Å². The van der Waals surface area contributed by atoms with Crippen molar-refractivity contribution in [3.8, 4) is 0 Å². The summed E-state index contributed by atoms with van der Waals surface area (Å²) in [5.74, 6) is -1.40. The molecule has 5 heteroatoms. The highest BCUT2D eigenvalue weighted by atomic mass is 19.1. The molecular weight excluding hydrogens is 309 g/mol. The van der Waals surface area contributed by atoms with E-state index in [9.17, 15) is 14.0 Å². The zero-order valence-corrected chi connectivity index (χ0v) is 13.5. The van der Waals surface area contributed by atoms with Crippen molar-refractivity contribution in [2.24, 2.45) is 0 Å². The Labute approximate surface area is 140 Å². The number of hydrogen-bond acceptors (Lipinski definition) is 3. The van der Waals surface area contributed by atoms with Gasteiger partial charge in [0.2, 0.25) is 0 Å². The summed E-state index contributed by atoms with van der Waals surface area (Å²) in [5, 5.41) is 2.73. The first-order valence-electron chi connectivity index (χ1n) is 7.42. The Hall–Kier alpha value is -2.95. The minimum absolute atomic E-state index is 0.349.